The lowest BCUT2D eigenvalue weighted by molar-refractivity contribution is 0.402. The molecule has 3 rings (SSSR count). The summed E-state index contributed by atoms with van der Waals surface area (Å²) in [5.41, 5.74) is 2.28. The van der Waals surface area contributed by atoms with Crippen LogP contribution in [0.2, 0.25) is 0 Å². The summed E-state index contributed by atoms with van der Waals surface area (Å²) < 4.78 is 27.8. The first-order valence-electron chi connectivity index (χ1n) is 9.20. The molecule has 2 heterocycles. The number of nitrogens with zero attached hydrogens (tertiary/aromatic N) is 2. The summed E-state index contributed by atoms with van der Waals surface area (Å²) in [5.74, 6) is 0.761. The minimum absolute atomic E-state index is 0.342. The van der Waals surface area contributed by atoms with Crippen molar-refractivity contribution in [2.45, 2.75) is 37.5 Å². The molecule has 140 valence electrons. The molecule has 1 N–H and O–H groups in total. The van der Waals surface area contributed by atoms with E-state index in [1.165, 1.54) is 0 Å². The number of benzene rings is 1. The average molecular weight is 374 g/mol. The van der Waals surface area contributed by atoms with Crippen LogP contribution in [-0.2, 0) is 10.0 Å². The third-order valence-corrected chi connectivity index (χ3v) is 6.48. The minimum Gasteiger partial charge on any atom is -0.370 e. The predicted molar refractivity (Wildman–Crippen MR) is 105 cm³/mol. The van der Waals surface area contributed by atoms with E-state index in [1.807, 2.05) is 24.4 Å². The van der Waals surface area contributed by atoms with Gasteiger partial charge in [-0.05, 0) is 54.5 Å². The SMILES string of the molecule is CC(C)c1ccc(S(=O)(=O)NCC2CCN(c3cccnc3)CC2)cc1. The van der Waals surface area contributed by atoms with E-state index in [4.69, 9.17) is 0 Å². The van der Waals surface area contributed by atoms with Gasteiger partial charge in [0.1, 0.15) is 0 Å². The fourth-order valence-corrected chi connectivity index (χ4v) is 4.40. The number of anilines is 1. The zero-order valence-electron chi connectivity index (χ0n) is 15.4. The zero-order valence-corrected chi connectivity index (χ0v) is 16.2. The lowest BCUT2D eigenvalue weighted by atomic mass is 9.97. The van der Waals surface area contributed by atoms with Crippen molar-refractivity contribution in [1.82, 2.24) is 9.71 Å². The zero-order chi connectivity index (χ0) is 18.6. The van der Waals surface area contributed by atoms with Gasteiger partial charge in [0.25, 0.3) is 0 Å². The number of hydrogen-bond donors (Lipinski definition) is 1. The number of rotatable bonds is 6. The second-order valence-corrected chi connectivity index (χ2v) is 8.98. The second kappa shape index (κ2) is 8.18. The largest absolute Gasteiger partial charge is 0.370 e. The van der Waals surface area contributed by atoms with Gasteiger partial charge in [0, 0.05) is 25.8 Å². The number of aromatic nitrogens is 1. The highest BCUT2D eigenvalue weighted by atomic mass is 32.2. The Bertz CT molecular complexity index is 797. The molecule has 0 amide bonds. The number of hydrogen-bond acceptors (Lipinski definition) is 4. The van der Waals surface area contributed by atoms with Crippen molar-refractivity contribution in [3.8, 4) is 0 Å². The van der Waals surface area contributed by atoms with E-state index in [9.17, 15) is 8.42 Å². The van der Waals surface area contributed by atoms with Crippen LogP contribution in [0.4, 0.5) is 5.69 Å². The molecule has 0 radical (unpaired) electrons. The Morgan fingerprint density at radius 3 is 2.42 bits per heavy atom. The van der Waals surface area contributed by atoms with Crippen molar-refractivity contribution in [3.05, 3.63) is 54.4 Å². The molecule has 1 aliphatic rings. The maximum atomic E-state index is 12.5. The van der Waals surface area contributed by atoms with Crippen LogP contribution in [0, 0.1) is 5.92 Å². The Labute approximate surface area is 156 Å². The molecule has 1 saturated heterocycles. The summed E-state index contributed by atoms with van der Waals surface area (Å²) in [5, 5.41) is 0. The average Bonchev–Trinajstić information content (AvgIpc) is 2.67. The molecule has 1 aromatic carbocycles. The Kier molecular flexibility index (Phi) is 5.94. The molecule has 1 aromatic heterocycles. The van der Waals surface area contributed by atoms with Crippen LogP contribution in [0.15, 0.2) is 53.7 Å². The highest BCUT2D eigenvalue weighted by Crippen LogP contribution is 2.23. The summed E-state index contributed by atoms with van der Waals surface area (Å²) in [6.45, 7) is 6.55. The van der Waals surface area contributed by atoms with Gasteiger partial charge in [-0.2, -0.15) is 0 Å². The molecule has 26 heavy (non-hydrogen) atoms. The lowest BCUT2D eigenvalue weighted by Crippen LogP contribution is -2.38. The molecule has 0 atom stereocenters. The van der Waals surface area contributed by atoms with E-state index in [0.717, 1.165) is 37.2 Å². The summed E-state index contributed by atoms with van der Waals surface area (Å²) in [7, 11) is -3.44. The monoisotopic (exact) mass is 373 g/mol. The normalized spacial score (nSPS) is 16.2. The molecule has 0 aliphatic carbocycles. The number of sulfonamides is 1. The standard InChI is InChI=1S/C20H27N3O2S/c1-16(2)18-5-7-20(8-6-18)26(24,25)22-14-17-9-12-23(13-10-17)19-4-3-11-21-15-19/h3-8,11,15-17,22H,9-10,12-14H2,1-2H3. The molecular formula is C20H27N3O2S. The minimum atomic E-state index is -3.44. The molecule has 0 saturated carbocycles. The maximum Gasteiger partial charge on any atom is 0.240 e. The number of pyridine rings is 1. The number of piperidine rings is 1. The van der Waals surface area contributed by atoms with E-state index in [2.05, 4.69) is 34.5 Å². The third kappa shape index (κ3) is 4.62. The fraction of sp³-hybridized carbons (Fsp3) is 0.450. The Morgan fingerprint density at radius 1 is 1.15 bits per heavy atom. The first-order chi connectivity index (χ1) is 12.5. The molecule has 2 aromatic rings. The first kappa shape index (κ1) is 18.9. The lowest BCUT2D eigenvalue weighted by Gasteiger charge is -2.33. The van der Waals surface area contributed by atoms with Crippen LogP contribution in [0.25, 0.3) is 0 Å². The van der Waals surface area contributed by atoms with E-state index < -0.39 is 10.0 Å². The van der Waals surface area contributed by atoms with Crippen LogP contribution in [0.1, 0.15) is 38.2 Å². The van der Waals surface area contributed by atoms with Crippen molar-refractivity contribution >= 4 is 15.7 Å². The van der Waals surface area contributed by atoms with Gasteiger partial charge in [0.2, 0.25) is 10.0 Å². The van der Waals surface area contributed by atoms with Crippen LogP contribution < -0.4 is 9.62 Å². The van der Waals surface area contributed by atoms with Crippen molar-refractivity contribution in [2.75, 3.05) is 24.5 Å². The van der Waals surface area contributed by atoms with E-state index in [0.29, 0.717) is 23.3 Å². The highest BCUT2D eigenvalue weighted by molar-refractivity contribution is 7.89. The predicted octanol–water partition coefficient (Wildman–Crippen LogP) is 3.40. The molecule has 1 fully saturated rings. The molecular weight excluding hydrogens is 346 g/mol. The summed E-state index contributed by atoms with van der Waals surface area (Å²) in [4.78, 5) is 6.82. The summed E-state index contributed by atoms with van der Waals surface area (Å²) in [6, 6.07) is 11.2. The Balaban J connectivity index is 1.52. The van der Waals surface area contributed by atoms with E-state index >= 15 is 0 Å². The topological polar surface area (TPSA) is 62.3 Å². The fourth-order valence-electron chi connectivity index (χ4n) is 3.28. The van der Waals surface area contributed by atoms with Gasteiger partial charge < -0.3 is 4.90 Å². The summed E-state index contributed by atoms with van der Waals surface area (Å²) >= 11 is 0. The van der Waals surface area contributed by atoms with Crippen molar-refractivity contribution in [2.24, 2.45) is 5.92 Å². The quantitative estimate of drug-likeness (QED) is 0.843. The molecule has 0 bridgehead atoms. The van der Waals surface area contributed by atoms with Gasteiger partial charge in [0.15, 0.2) is 0 Å². The van der Waals surface area contributed by atoms with Crippen LogP contribution in [-0.4, -0.2) is 33.0 Å². The van der Waals surface area contributed by atoms with Crippen LogP contribution >= 0.6 is 0 Å². The van der Waals surface area contributed by atoms with E-state index in [-0.39, 0.29) is 0 Å². The van der Waals surface area contributed by atoms with Gasteiger partial charge >= 0.3 is 0 Å². The van der Waals surface area contributed by atoms with Crippen LogP contribution in [0.5, 0.6) is 0 Å². The Hall–Kier alpha value is -1.92. The second-order valence-electron chi connectivity index (χ2n) is 7.22. The smallest absolute Gasteiger partial charge is 0.240 e. The van der Waals surface area contributed by atoms with Crippen molar-refractivity contribution in [3.63, 3.8) is 0 Å². The van der Waals surface area contributed by atoms with Gasteiger partial charge in [-0.15, -0.1) is 0 Å². The third-order valence-electron chi connectivity index (χ3n) is 5.04. The van der Waals surface area contributed by atoms with E-state index in [1.54, 1.807) is 18.3 Å². The van der Waals surface area contributed by atoms with Crippen molar-refractivity contribution < 1.29 is 8.42 Å². The molecule has 0 unspecified atom stereocenters. The van der Waals surface area contributed by atoms with Gasteiger partial charge in [-0.1, -0.05) is 26.0 Å². The summed E-state index contributed by atoms with van der Waals surface area (Å²) in [6.07, 6.45) is 5.61. The molecule has 6 heteroatoms. The first-order valence-corrected chi connectivity index (χ1v) is 10.7. The Morgan fingerprint density at radius 2 is 1.85 bits per heavy atom. The van der Waals surface area contributed by atoms with Gasteiger partial charge in [-0.3, -0.25) is 4.98 Å². The highest BCUT2D eigenvalue weighted by Gasteiger charge is 2.22. The van der Waals surface area contributed by atoms with Gasteiger partial charge in [0.05, 0.1) is 16.8 Å². The molecule has 1 aliphatic heterocycles. The number of nitrogens with one attached hydrogen (secondary N) is 1. The maximum absolute atomic E-state index is 12.5. The molecule has 0 spiro atoms. The van der Waals surface area contributed by atoms with Crippen LogP contribution in [0.3, 0.4) is 0 Å². The van der Waals surface area contributed by atoms with Gasteiger partial charge in [-0.25, -0.2) is 13.1 Å². The molecule has 5 nitrogen and oxygen atoms in total. The van der Waals surface area contributed by atoms with Crippen molar-refractivity contribution in [1.29, 1.82) is 0 Å².